The summed E-state index contributed by atoms with van der Waals surface area (Å²) in [5.41, 5.74) is 0. The Balaban J connectivity index is 1.81. The summed E-state index contributed by atoms with van der Waals surface area (Å²) < 4.78 is 5.12. The molecule has 0 saturated carbocycles. The van der Waals surface area contributed by atoms with Gasteiger partial charge in [-0.3, -0.25) is 4.79 Å². The topological polar surface area (TPSA) is 29.5 Å². The fourth-order valence-electron chi connectivity index (χ4n) is 2.23. The van der Waals surface area contributed by atoms with Gasteiger partial charge >= 0.3 is 0 Å². The monoisotopic (exact) mass is 279 g/mol. The highest BCUT2D eigenvalue weighted by Crippen LogP contribution is 2.22. The van der Waals surface area contributed by atoms with Gasteiger partial charge in [-0.25, -0.2) is 0 Å². The Morgan fingerprint density at radius 2 is 1.79 bits per heavy atom. The zero-order valence-corrected chi connectivity index (χ0v) is 12.2. The van der Waals surface area contributed by atoms with Gasteiger partial charge in [-0.05, 0) is 37.1 Å². The van der Waals surface area contributed by atoms with Crippen molar-refractivity contribution in [1.82, 2.24) is 4.90 Å². The first-order chi connectivity index (χ1) is 9.29. The van der Waals surface area contributed by atoms with Crippen molar-refractivity contribution >= 4 is 17.7 Å². The van der Waals surface area contributed by atoms with Gasteiger partial charge in [0.05, 0.1) is 12.9 Å². The van der Waals surface area contributed by atoms with Crippen LogP contribution in [0.4, 0.5) is 0 Å². The number of rotatable bonds is 4. The average Bonchev–Trinajstić information content (AvgIpc) is 2.74. The van der Waals surface area contributed by atoms with Crippen LogP contribution in [0.25, 0.3) is 0 Å². The van der Waals surface area contributed by atoms with Gasteiger partial charge in [-0.2, -0.15) is 0 Å². The normalized spacial score (nSPS) is 15.9. The molecule has 0 aromatic heterocycles. The summed E-state index contributed by atoms with van der Waals surface area (Å²) >= 11 is 1.60. The molecule has 0 aliphatic carbocycles. The smallest absolute Gasteiger partial charge is 0.232 e. The van der Waals surface area contributed by atoms with Crippen molar-refractivity contribution in [3.8, 4) is 5.75 Å². The first kappa shape index (κ1) is 14.3. The standard InChI is InChI=1S/C15H21NO2S/c1-18-13-6-8-14(9-7-13)19-12-15(17)16-10-4-2-3-5-11-16/h6-9H,2-5,10-12H2,1H3. The van der Waals surface area contributed by atoms with Crippen LogP contribution in [-0.2, 0) is 4.79 Å². The Labute approximate surface area is 119 Å². The van der Waals surface area contributed by atoms with E-state index < -0.39 is 0 Å². The number of thioether (sulfide) groups is 1. The van der Waals surface area contributed by atoms with Gasteiger partial charge in [-0.15, -0.1) is 11.8 Å². The van der Waals surface area contributed by atoms with Crippen molar-refractivity contribution in [1.29, 1.82) is 0 Å². The van der Waals surface area contributed by atoms with E-state index in [1.54, 1.807) is 18.9 Å². The molecule has 1 fully saturated rings. The summed E-state index contributed by atoms with van der Waals surface area (Å²) in [5, 5.41) is 0. The van der Waals surface area contributed by atoms with Gasteiger partial charge in [0, 0.05) is 18.0 Å². The lowest BCUT2D eigenvalue weighted by molar-refractivity contribution is -0.128. The Hall–Kier alpha value is -1.16. The number of benzene rings is 1. The second kappa shape index (κ2) is 7.43. The minimum atomic E-state index is 0.266. The van der Waals surface area contributed by atoms with E-state index >= 15 is 0 Å². The molecule has 1 aliphatic rings. The molecule has 0 bridgehead atoms. The number of carbonyl (C=O) groups excluding carboxylic acids is 1. The van der Waals surface area contributed by atoms with E-state index in [4.69, 9.17) is 4.74 Å². The summed E-state index contributed by atoms with van der Waals surface area (Å²) in [6.07, 6.45) is 4.82. The highest BCUT2D eigenvalue weighted by atomic mass is 32.2. The average molecular weight is 279 g/mol. The number of carbonyl (C=O) groups is 1. The van der Waals surface area contributed by atoms with Gasteiger partial charge in [0.25, 0.3) is 0 Å². The summed E-state index contributed by atoms with van der Waals surface area (Å²) in [5.74, 6) is 1.65. The third-order valence-electron chi connectivity index (χ3n) is 3.38. The third-order valence-corrected chi connectivity index (χ3v) is 4.38. The number of amides is 1. The molecule has 1 aliphatic heterocycles. The number of nitrogens with zero attached hydrogens (tertiary/aromatic N) is 1. The van der Waals surface area contributed by atoms with E-state index in [1.165, 1.54) is 12.8 Å². The number of ether oxygens (including phenoxy) is 1. The van der Waals surface area contributed by atoms with E-state index in [-0.39, 0.29) is 5.91 Å². The van der Waals surface area contributed by atoms with Crippen molar-refractivity contribution in [3.63, 3.8) is 0 Å². The molecule has 0 atom stereocenters. The van der Waals surface area contributed by atoms with Crippen LogP contribution in [0.5, 0.6) is 5.75 Å². The Morgan fingerprint density at radius 1 is 1.16 bits per heavy atom. The molecule has 0 spiro atoms. The lowest BCUT2D eigenvalue weighted by Gasteiger charge is -2.19. The highest BCUT2D eigenvalue weighted by molar-refractivity contribution is 8.00. The molecule has 1 aromatic carbocycles. The fraction of sp³-hybridized carbons (Fsp3) is 0.533. The van der Waals surface area contributed by atoms with E-state index in [9.17, 15) is 4.79 Å². The van der Waals surface area contributed by atoms with Crippen LogP contribution in [0, 0.1) is 0 Å². The molecule has 104 valence electrons. The van der Waals surface area contributed by atoms with Crippen molar-refractivity contribution in [3.05, 3.63) is 24.3 Å². The lowest BCUT2D eigenvalue weighted by atomic mass is 10.2. The number of hydrogen-bond acceptors (Lipinski definition) is 3. The van der Waals surface area contributed by atoms with Gasteiger partial charge in [0.1, 0.15) is 5.75 Å². The zero-order valence-electron chi connectivity index (χ0n) is 11.4. The molecule has 0 unspecified atom stereocenters. The van der Waals surface area contributed by atoms with Gasteiger partial charge in [-0.1, -0.05) is 12.8 Å². The minimum Gasteiger partial charge on any atom is -0.497 e. The van der Waals surface area contributed by atoms with Gasteiger partial charge in [0.15, 0.2) is 0 Å². The lowest BCUT2D eigenvalue weighted by Crippen LogP contribution is -2.33. The zero-order chi connectivity index (χ0) is 13.5. The molecule has 1 saturated heterocycles. The van der Waals surface area contributed by atoms with Gasteiger partial charge in [0.2, 0.25) is 5.91 Å². The number of methoxy groups -OCH3 is 1. The molecule has 3 nitrogen and oxygen atoms in total. The summed E-state index contributed by atoms with van der Waals surface area (Å²) in [7, 11) is 1.66. The predicted octanol–water partition coefficient (Wildman–Crippen LogP) is 3.19. The first-order valence-corrected chi connectivity index (χ1v) is 7.83. The summed E-state index contributed by atoms with van der Waals surface area (Å²) in [6.45, 7) is 1.87. The molecule has 19 heavy (non-hydrogen) atoms. The molecule has 4 heteroatoms. The second-order valence-corrected chi connectivity index (χ2v) is 5.81. The summed E-state index contributed by atoms with van der Waals surface area (Å²) in [4.78, 5) is 15.3. The van der Waals surface area contributed by atoms with E-state index in [2.05, 4.69) is 0 Å². The Kier molecular flexibility index (Phi) is 5.58. The van der Waals surface area contributed by atoms with E-state index in [0.29, 0.717) is 5.75 Å². The largest absolute Gasteiger partial charge is 0.497 e. The minimum absolute atomic E-state index is 0.266. The van der Waals surface area contributed by atoms with Crippen LogP contribution in [-0.4, -0.2) is 36.8 Å². The van der Waals surface area contributed by atoms with Crippen LogP contribution < -0.4 is 4.74 Å². The quantitative estimate of drug-likeness (QED) is 0.793. The van der Waals surface area contributed by atoms with Crippen molar-refractivity contribution in [2.24, 2.45) is 0 Å². The highest BCUT2D eigenvalue weighted by Gasteiger charge is 2.15. The predicted molar refractivity (Wildman–Crippen MR) is 78.8 cm³/mol. The van der Waals surface area contributed by atoms with Crippen molar-refractivity contribution in [2.45, 2.75) is 30.6 Å². The van der Waals surface area contributed by atoms with E-state index in [0.717, 1.165) is 36.6 Å². The Morgan fingerprint density at radius 3 is 2.37 bits per heavy atom. The molecule has 2 rings (SSSR count). The molecular weight excluding hydrogens is 258 g/mol. The maximum Gasteiger partial charge on any atom is 0.232 e. The molecule has 0 radical (unpaired) electrons. The molecule has 1 heterocycles. The second-order valence-electron chi connectivity index (χ2n) is 4.76. The van der Waals surface area contributed by atoms with Crippen molar-refractivity contribution < 1.29 is 9.53 Å². The van der Waals surface area contributed by atoms with Crippen molar-refractivity contribution in [2.75, 3.05) is 26.0 Å². The number of hydrogen-bond donors (Lipinski definition) is 0. The fourth-order valence-corrected chi connectivity index (χ4v) is 3.03. The maximum atomic E-state index is 12.1. The maximum absolute atomic E-state index is 12.1. The first-order valence-electron chi connectivity index (χ1n) is 6.84. The van der Waals surface area contributed by atoms with Crippen LogP contribution >= 0.6 is 11.8 Å². The SMILES string of the molecule is COc1ccc(SCC(=O)N2CCCCCC2)cc1. The number of likely N-dealkylation sites (tertiary alicyclic amines) is 1. The molecular formula is C15H21NO2S. The van der Waals surface area contributed by atoms with E-state index in [1.807, 2.05) is 29.2 Å². The Bertz CT molecular complexity index is 397. The van der Waals surface area contributed by atoms with Crippen LogP contribution in [0.2, 0.25) is 0 Å². The van der Waals surface area contributed by atoms with Crippen LogP contribution in [0.1, 0.15) is 25.7 Å². The third kappa shape index (κ3) is 4.46. The van der Waals surface area contributed by atoms with Gasteiger partial charge < -0.3 is 9.64 Å². The molecule has 1 aromatic rings. The van der Waals surface area contributed by atoms with Crippen LogP contribution in [0.3, 0.4) is 0 Å². The summed E-state index contributed by atoms with van der Waals surface area (Å²) in [6, 6.07) is 7.86. The van der Waals surface area contributed by atoms with Crippen LogP contribution in [0.15, 0.2) is 29.2 Å². The molecule has 0 N–H and O–H groups in total. The molecule has 1 amide bonds.